The standard InChI is InChI=1S/C63H59N3O4/c1-6-29-67-60-52-33-45(10-5)34-53(60)42-55-36-50(15-12-47-19-25-65-26-20-47)38-57(62(55)69-31-8-3)44-59-40-51(16-13-48-21-27-66-28-22-48)39-58(63(59)70-32-9-4)43-56-37-49(14-11-46-17-23-64-24-18-46)35-54(41-52)61(56)68-30-7-2/h10,17-28,33-40H,5-9,29-32,41-44H2,1-4H3. The Balaban J connectivity index is 1.46. The molecule has 8 bridgehead atoms. The maximum Gasteiger partial charge on any atom is 0.126 e. The smallest absolute Gasteiger partial charge is 0.126 e. The lowest BCUT2D eigenvalue weighted by atomic mass is 9.88. The first-order chi connectivity index (χ1) is 34.4. The molecule has 4 aromatic carbocycles. The third-order valence-corrected chi connectivity index (χ3v) is 11.6. The van der Waals surface area contributed by atoms with Crippen LogP contribution in [0.15, 0.2) is 129 Å². The Morgan fingerprint density at radius 3 is 0.829 bits per heavy atom. The van der Waals surface area contributed by atoms with Gasteiger partial charge in [-0.3, -0.25) is 15.0 Å². The highest BCUT2D eigenvalue weighted by Crippen LogP contribution is 2.41. The highest BCUT2D eigenvalue weighted by Gasteiger charge is 2.24. The molecule has 1 aliphatic carbocycles. The minimum atomic E-state index is 0.493. The largest absolute Gasteiger partial charge is 0.493 e. The van der Waals surface area contributed by atoms with E-state index in [0.717, 1.165) is 132 Å². The van der Waals surface area contributed by atoms with Gasteiger partial charge in [-0.05, 0) is 127 Å². The number of ether oxygens (including phenoxy) is 4. The van der Waals surface area contributed by atoms with Gasteiger partial charge in [-0.15, -0.1) is 0 Å². The van der Waals surface area contributed by atoms with Gasteiger partial charge >= 0.3 is 0 Å². The van der Waals surface area contributed by atoms with Gasteiger partial charge in [0, 0.05) is 130 Å². The van der Waals surface area contributed by atoms with Crippen LogP contribution in [0.2, 0.25) is 0 Å². The lowest BCUT2D eigenvalue weighted by Crippen LogP contribution is -2.11. The van der Waals surface area contributed by atoms with Gasteiger partial charge in [0.15, 0.2) is 0 Å². The number of aromatic nitrogens is 3. The molecule has 3 aromatic heterocycles. The first-order valence-electron chi connectivity index (χ1n) is 24.5. The first kappa shape index (κ1) is 48.4. The second-order valence-electron chi connectivity index (χ2n) is 17.3. The normalized spacial score (nSPS) is 11.4. The van der Waals surface area contributed by atoms with E-state index in [2.05, 4.69) is 133 Å². The summed E-state index contributed by atoms with van der Waals surface area (Å²) in [4.78, 5) is 12.7. The zero-order valence-electron chi connectivity index (χ0n) is 40.8. The van der Waals surface area contributed by atoms with Crippen molar-refractivity contribution in [3.63, 3.8) is 0 Å². The summed E-state index contributed by atoms with van der Waals surface area (Å²) in [6.07, 6.45) is 17.9. The third kappa shape index (κ3) is 12.5. The zero-order valence-corrected chi connectivity index (χ0v) is 40.8. The van der Waals surface area contributed by atoms with Gasteiger partial charge in [-0.1, -0.05) is 75.9 Å². The van der Waals surface area contributed by atoms with Crippen LogP contribution in [0.25, 0.3) is 6.08 Å². The number of hydrogen-bond acceptors (Lipinski definition) is 7. The molecule has 7 nitrogen and oxygen atoms in total. The van der Waals surface area contributed by atoms with E-state index < -0.39 is 0 Å². The molecule has 350 valence electrons. The average molecular weight is 922 g/mol. The Labute approximate surface area is 414 Å². The van der Waals surface area contributed by atoms with Crippen LogP contribution in [-0.2, 0) is 25.7 Å². The molecule has 7 heteroatoms. The number of benzene rings is 4. The van der Waals surface area contributed by atoms with Gasteiger partial charge in [0.25, 0.3) is 0 Å². The lowest BCUT2D eigenvalue weighted by Gasteiger charge is -2.24. The lowest BCUT2D eigenvalue weighted by molar-refractivity contribution is 0.304. The number of pyridine rings is 3. The Kier molecular flexibility index (Phi) is 16.8. The van der Waals surface area contributed by atoms with E-state index in [1.807, 2.05) is 42.5 Å². The van der Waals surface area contributed by atoms with E-state index in [-0.39, 0.29) is 0 Å². The summed E-state index contributed by atoms with van der Waals surface area (Å²) in [5.74, 6) is 24.1. The maximum absolute atomic E-state index is 6.92. The van der Waals surface area contributed by atoms with Crippen molar-refractivity contribution in [2.24, 2.45) is 0 Å². The van der Waals surface area contributed by atoms with E-state index in [0.29, 0.717) is 52.1 Å². The molecular weight excluding hydrogens is 863 g/mol. The molecule has 0 unspecified atom stereocenters. The summed E-state index contributed by atoms with van der Waals surface area (Å²) >= 11 is 0. The van der Waals surface area contributed by atoms with Crippen LogP contribution in [0, 0.1) is 35.5 Å². The number of rotatable bonds is 13. The van der Waals surface area contributed by atoms with Crippen LogP contribution in [0.5, 0.6) is 23.0 Å². The maximum atomic E-state index is 6.92. The summed E-state index contributed by atoms with van der Waals surface area (Å²) in [5, 5.41) is 0. The van der Waals surface area contributed by atoms with Gasteiger partial charge in [0.2, 0.25) is 0 Å². The molecule has 0 radical (unpaired) electrons. The molecule has 0 saturated carbocycles. The number of nitrogens with zero attached hydrogens (tertiary/aromatic N) is 3. The van der Waals surface area contributed by atoms with Gasteiger partial charge in [0.05, 0.1) is 26.4 Å². The van der Waals surface area contributed by atoms with Crippen LogP contribution in [0.3, 0.4) is 0 Å². The second-order valence-corrected chi connectivity index (χ2v) is 17.3. The molecule has 0 spiro atoms. The summed E-state index contributed by atoms with van der Waals surface area (Å²) in [7, 11) is 0. The average Bonchev–Trinajstić information content (AvgIpc) is 3.38. The molecule has 1 aliphatic rings. The summed E-state index contributed by atoms with van der Waals surface area (Å²) in [5.41, 5.74) is 14.4. The second kappa shape index (κ2) is 24.3. The predicted octanol–water partition coefficient (Wildman–Crippen LogP) is 12.5. The molecule has 0 fully saturated rings. The monoisotopic (exact) mass is 921 g/mol. The quantitative estimate of drug-likeness (QED) is 0.107. The van der Waals surface area contributed by atoms with Crippen molar-refractivity contribution in [1.82, 2.24) is 15.0 Å². The Bertz CT molecular complexity index is 2960. The Hall–Kier alpha value is -8.05. The highest BCUT2D eigenvalue weighted by atomic mass is 16.5. The SMILES string of the molecule is C=Cc1cc2c(OCCC)c(c1)Cc1cc(C#Cc3ccncc3)cc(c1OCCC)Cc1cc(C#Cc3ccncc3)cc(c1OCCC)Cc1cc(C#Cc3ccncc3)cc(c1OCCC)C2. The fourth-order valence-corrected chi connectivity index (χ4v) is 8.55. The summed E-state index contributed by atoms with van der Waals surface area (Å²) in [6.45, 7) is 15.0. The minimum Gasteiger partial charge on any atom is -0.493 e. The molecule has 0 aliphatic heterocycles. The predicted molar refractivity (Wildman–Crippen MR) is 281 cm³/mol. The van der Waals surface area contributed by atoms with Crippen LogP contribution < -0.4 is 18.9 Å². The molecule has 3 heterocycles. The molecule has 0 amide bonds. The number of hydrogen-bond donors (Lipinski definition) is 0. The van der Waals surface area contributed by atoms with Crippen molar-refractivity contribution in [3.8, 4) is 58.5 Å². The molecule has 0 saturated heterocycles. The van der Waals surface area contributed by atoms with Crippen molar-refractivity contribution in [1.29, 1.82) is 0 Å². The molecule has 70 heavy (non-hydrogen) atoms. The zero-order chi connectivity index (χ0) is 48.5. The molecular formula is C63H59N3O4. The Morgan fingerprint density at radius 1 is 0.371 bits per heavy atom. The van der Waals surface area contributed by atoms with Crippen molar-refractivity contribution >= 4 is 6.08 Å². The van der Waals surface area contributed by atoms with Crippen molar-refractivity contribution in [2.45, 2.75) is 79.1 Å². The Morgan fingerprint density at radius 2 is 0.600 bits per heavy atom. The van der Waals surface area contributed by atoms with E-state index in [1.54, 1.807) is 37.2 Å². The first-order valence-corrected chi connectivity index (χ1v) is 24.5. The summed E-state index contributed by atoms with van der Waals surface area (Å²) in [6, 6.07) is 29.1. The van der Waals surface area contributed by atoms with E-state index in [9.17, 15) is 0 Å². The van der Waals surface area contributed by atoms with Crippen molar-refractivity contribution < 1.29 is 18.9 Å². The van der Waals surface area contributed by atoms with Crippen molar-refractivity contribution in [2.75, 3.05) is 26.4 Å². The van der Waals surface area contributed by atoms with Crippen LogP contribution >= 0.6 is 0 Å². The van der Waals surface area contributed by atoms with E-state index in [4.69, 9.17) is 18.9 Å². The van der Waals surface area contributed by atoms with Gasteiger partial charge in [0.1, 0.15) is 23.0 Å². The molecule has 0 N–H and O–H groups in total. The van der Waals surface area contributed by atoms with Crippen LogP contribution in [-0.4, -0.2) is 41.4 Å². The minimum absolute atomic E-state index is 0.493. The fourth-order valence-electron chi connectivity index (χ4n) is 8.55. The number of fused-ring (bicyclic) bond motifs is 8. The van der Waals surface area contributed by atoms with E-state index >= 15 is 0 Å². The third-order valence-electron chi connectivity index (χ3n) is 11.6. The highest BCUT2D eigenvalue weighted by molar-refractivity contribution is 5.64. The van der Waals surface area contributed by atoms with Gasteiger partial charge in [-0.25, -0.2) is 0 Å². The molecule has 7 aromatic rings. The fraction of sp³-hybridized carbons (Fsp3) is 0.254. The van der Waals surface area contributed by atoms with E-state index in [1.165, 1.54) is 0 Å². The van der Waals surface area contributed by atoms with Crippen molar-refractivity contribution in [3.05, 3.63) is 212 Å². The van der Waals surface area contributed by atoms with Crippen LogP contribution in [0.4, 0.5) is 0 Å². The van der Waals surface area contributed by atoms with Crippen LogP contribution in [0.1, 0.15) is 137 Å². The molecule has 0 atom stereocenters. The summed E-state index contributed by atoms with van der Waals surface area (Å²) < 4.78 is 27.6. The molecule has 8 rings (SSSR count). The topological polar surface area (TPSA) is 75.6 Å². The van der Waals surface area contributed by atoms with Gasteiger partial charge in [-0.2, -0.15) is 0 Å². The van der Waals surface area contributed by atoms with Gasteiger partial charge < -0.3 is 18.9 Å².